The summed E-state index contributed by atoms with van der Waals surface area (Å²) in [6.07, 6.45) is 2.58. The van der Waals surface area contributed by atoms with Crippen LogP contribution in [-0.2, 0) is 18.3 Å². The minimum Gasteiger partial charge on any atom is -0.756 e. The molecule has 1 aromatic rings. The van der Waals surface area contributed by atoms with Crippen LogP contribution in [0.5, 0.6) is 11.5 Å². The van der Waals surface area contributed by atoms with E-state index in [1.165, 1.54) is 12.1 Å². The van der Waals surface area contributed by atoms with E-state index >= 15 is 0 Å². The summed E-state index contributed by atoms with van der Waals surface area (Å²) >= 11 is 0. The highest BCUT2D eigenvalue weighted by atomic mass is 31.2. The normalized spacial score (nSPS) is 13.4. The van der Waals surface area contributed by atoms with Crippen LogP contribution in [0.25, 0.3) is 0 Å². The standard InChI is InChI=1S/C22H38NO10P/c1-23(2,3)8-13-33-34(27,28)32-12-7-5-4-6-11-31-22(26)19-16-20(29-14-9-24)18-21(17-19)30-15-10-25/h16-18,24-25H,4-15H2,1-3H3. The summed E-state index contributed by atoms with van der Waals surface area (Å²) in [6.45, 7) is 0.625. The molecule has 1 unspecified atom stereocenters. The second-order valence-corrected chi connectivity index (χ2v) is 9.93. The average Bonchev–Trinajstić information content (AvgIpc) is 2.76. The first-order chi connectivity index (χ1) is 16.1. The summed E-state index contributed by atoms with van der Waals surface area (Å²) in [4.78, 5) is 24.1. The van der Waals surface area contributed by atoms with Gasteiger partial charge in [0.2, 0.25) is 0 Å². The highest BCUT2D eigenvalue weighted by molar-refractivity contribution is 7.45. The van der Waals surface area contributed by atoms with E-state index in [-0.39, 0.29) is 51.8 Å². The average molecular weight is 508 g/mol. The molecular formula is C22H38NO10P. The summed E-state index contributed by atoms with van der Waals surface area (Å²) in [5.41, 5.74) is 0.230. The fourth-order valence-corrected chi connectivity index (χ4v) is 3.36. The third-order valence-electron chi connectivity index (χ3n) is 4.37. The van der Waals surface area contributed by atoms with Crippen LogP contribution in [0, 0.1) is 0 Å². The molecule has 0 aromatic heterocycles. The Labute approximate surface area is 201 Å². The lowest BCUT2D eigenvalue weighted by molar-refractivity contribution is -0.870. The maximum Gasteiger partial charge on any atom is 0.338 e. The number of nitrogens with zero attached hydrogens (tertiary/aromatic N) is 1. The van der Waals surface area contributed by atoms with Gasteiger partial charge >= 0.3 is 5.97 Å². The van der Waals surface area contributed by atoms with Gasteiger partial charge in [-0.25, -0.2) is 4.79 Å². The lowest BCUT2D eigenvalue weighted by atomic mass is 10.2. The van der Waals surface area contributed by atoms with Crippen molar-refractivity contribution < 1.29 is 52.2 Å². The topological polar surface area (TPSA) is 144 Å². The zero-order chi connectivity index (χ0) is 25.5. The number of benzene rings is 1. The van der Waals surface area contributed by atoms with Gasteiger partial charge in [0.1, 0.15) is 37.9 Å². The number of ether oxygens (including phenoxy) is 3. The van der Waals surface area contributed by atoms with Gasteiger partial charge in [-0.15, -0.1) is 0 Å². The maximum absolute atomic E-state index is 12.4. The van der Waals surface area contributed by atoms with Gasteiger partial charge in [-0.05, 0) is 31.4 Å². The third kappa shape index (κ3) is 14.5. The van der Waals surface area contributed by atoms with E-state index in [2.05, 4.69) is 0 Å². The fraction of sp³-hybridized carbons (Fsp3) is 0.682. The van der Waals surface area contributed by atoms with E-state index in [1.807, 2.05) is 21.1 Å². The molecule has 0 fully saturated rings. The molecule has 1 rings (SSSR count). The lowest BCUT2D eigenvalue weighted by Crippen LogP contribution is -2.37. The molecule has 34 heavy (non-hydrogen) atoms. The number of phosphoric acid groups is 1. The van der Waals surface area contributed by atoms with Gasteiger partial charge in [-0.3, -0.25) is 4.57 Å². The second kappa shape index (κ2) is 16.0. The zero-order valence-electron chi connectivity index (χ0n) is 20.3. The van der Waals surface area contributed by atoms with E-state index in [4.69, 9.17) is 33.5 Å². The maximum atomic E-state index is 12.4. The van der Waals surface area contributed by atoms with Crippen LogP contribution in [0.15, 0.2) is 18.2 Å². The zero-order valence-corrected chi connectivity index (χ0v) is 21.2. The molecule has 0 bridgehead atoms. The first-order valence-electron chi connectivity index (χ1n) is 11.3. The highest BCUT2D eigenvalue weighted by Crippen LogP contribution is 2.38. The van der Waals surface area contributed by atoms with Crippen molar-refractivity contribution in [3.8, 4) is 11.5 Å². The SMILES string of the molecule is C[N+](C)(C)CCOP(=O)([O-])OCCCCCCOC(=O)c1cc(OCCO)cc(OCCO)c1. The number of rotatable bonds is 19. The third-order valence-corrected chi connectivity index (χ3v) is 5.37. The summed E-state index contributed by atoms with van der Waals surface area (Å²) < 4.78 is 38.0. The van der Waals surface area contributed by atoms with Gasteiger partial charge in [0.15, 0.2) is 0 Å². The molecule has 0 aliphatic rings. The quantitative estimate of drug-likeness (QED) is 0.122. The van der Waals surface area contributed by atoms with Crippen molar-refractivity contribution in [2.75, 3.05) is 73.9 Å². The number of esters is 1. The molecule has 0 amide bonds. The predicted molar refractivity (Wildman–Crippen MR) is 123 cm³/mol. The Balaban J connectivity index is 2.30. The number of aliphatic hydroxyl groups is 2. The Morgan fingerprint density at radius 3 is 1.91 bits per heavy atom. The van der Waals surface area contributed by atoms with E-state index in [0.717, 1.165) is 6.42 Å². The van der Waals surface area contributed by atoms with E-state index in [9.17, 15) is 14.3 Å². The van der Waals surface area contributed by atoms with Crippen molar-refractivity contribution in [1.29, 1.82) is 0 Å². The molecule has 196 valence electrons. The molecule has 0 spiro atoms. The van der Waals surface area contributed by atoms with E-state index in [1.54, 1.807) is 6.07 Å². The molecule has 1 atom stereocenters. The van der Waals surface area contributed by atoms with Gasteiger partial charge in [0.25, 0.3) is 7.82 Å². The number of hydrogen-bond donors (Lipinski definition) is 2. The van der Waals surface area contributed by atoms with Crippen LogP contribution in [0.4, 0.5) is 0 Å². The van der Waals surface area contributed by atoms with Gasteiger partial charge in [-0.1, -0.05) is 6.42 Å². The molecular weight excluding hydrogens is 469 g/mol. The highest BCUT2D eigenvalue weighted by Gasteiger charge is 2.14. The number of hydrogen-bond acceptors (Lipinski definition) is 10. The summed E-state index contributed by atoms with van der Waals surface area (Å²) in [6, 6.07) is 4.54. The smallest absolute Gasteiger partial charge is 0.338 e. The Morgan fingerprint density at radius 1 is 0.853 bits per heavy atom. The van der Waals surface area contributed by atoms with Crippen molar-refractivity contribution in [3.63, 3.8) is 0 Å². The number of carbonyl (C=O) groups is 1. The van der Waals surface area contributed by atoms with Gasteiger partial charge in [0, 0.05) is 6.07 Å². The van der Waals surface area contributed by atoms with Crippen LogP contribution in [-0.4, -0.2) is 94.6 Å². The van der Waals surface area contributed by atoms with Gasteiger partial charge < -0.3 is 42.8 Å². The summed E-state index contributed by atoms with van der Waals surface area (Å²) in [5, 5.41) is 17.8. The molecule has 0 saturated heterocycles. The first kappa shape index (κ1) is 30.3. The molecule has 11 nitrogen and oxygen atoms in total. The Kier molecular flexibility index (Phi) is 14.3. The Morgan fingerprint density at radius 2 is 1.38 bits per heavy atom. The monoisotopic (exact) mass is 507 g/mol. The molecule has 0 saturated carbocycles. The van der Waals surface area contributed by atoms with Crippen molar-refractivity contribution in [2.45, 2.75) is 25.7 Å². The number of likely N-dealkylation sites (N-methyl/N-ethyl adjacent to an activating group) is 1. The first-order valence-corrected chi connectivity index (χ1v) is 12.7. The Hall–Kier alpha value is -1.72. The van der Waals surface area contributed by atoms with Crippen LogP contribution in [0.1, 0.15) is 36.0 Å². The molecule has 1 aromatic carbocycles. The molecule has 2 N–H and O–H groups in total. The van der Waals surface area contributed by atoms with E-state index in [0.29, 0.717) is 41.8 Å². The van der Waals surface area contributed by atoms with Crippen LogP contribution >= 0.6 is 7.82 Å². The fourth-order valence-electron chi connectivity index (χ4n) is 2.63. The number of quaternary nitrogens is 1. The molecule has 0 aliphatic heterocycles. The molecule has 0 radical (unpaired) electrons. The van der Waals surface area contributed by atoms with Crippen LogP contribution in [0.2, 0.25) is 0 Å². The van der Waals surface area contributed by atoms with Crippen LogP contribution < -0.4 is 14.4 Å². The minimum atomic E-state index is -4.29. The van der Waals surface area contributed by atoms with Crippen molar-refractivity contribution in [3.05, 3.63) is 23.8 Å². The van der Waals surface area contributed by atoms with Crippen molar-refractivity contribution >= 4 is 13.8 Å². The summed E-state index contributed by atoms with van der Waals surface area (Å²) in [5.74, 6) is 0.132. The van der Waals surface area contributed by atoms with E-state index < -0.39 is 13.8 Å². The van der Waals surface area contributed by atoms with Gasteiger partial charge in [-0.2, -0.15) is 0 Å². The molecule has 12 heteroatoms. The van der Waals surface area contributed by atoms with Crippen molar-refractivity contribution in [2.24, 2.45) is 0 Å². The van der Waals surface area contributed by atoms with Gasteiger partial charge in [0.05, 0.1) is 53.1 Å². The number of phosphoric ester groups is 1. The Bertz CT molecular complexity index is 742. The predicted octanol–water partition coefficient (Wildman–Crippen LogP) is 1.35. The number of unbranched alkanes of at least 4 members (excludes halogenated alkanes) is 3. The number of carbonyl (C=O) groups excluding carboxylic acids is 1. The largest absolute Gasteiger partial charge is 0.756 e. The van der Waals surface area contributed by atoms with Crippen molar-refractivity contribution in [1.82, 2.24) is 0 Å². The lowest BCUT2D eigenvalue weighted by Gasteiger charge is -2.27. The molecule has 0 heterocycles. The second-order valence-electron chi connectivity index (χ2n) is 8.51. The number of aliphatic hydroxyl groups excluding tert-OH is 2. The minimum absolute atomic E-state index is 0.0438. The van der Waals surface area contributed by atoms with Crippen LogP contribution in [0.3, 0.4) is 0 Å². The summed E-state index contributed by atoms with van der Waals surface area (Å²) in [7, 11) is 1.52. The molecule has 0 aliphatic carbocycles.